The molecule has 1 aliphatic carbocycles. The van der Waals surface area contributed by atoms with Crippen molar-refractivity contribution in [3.05, 3.63) is 90.3 Å². The molecule has 0 radical (unpaired) electrons. The Balaban J connectivity index is 0.000000190. The second-order valence-corrected chi connectivity index (χ2v) is 8.68. The predicted molar refractivity (Wildman–Crippen MR) is 138 cm³/mol. The number of fused-ring (bicyclic) bond motifs is 6. The molecule has 1 heterocycles. The van der Waals surface area contributed by atoms with E-state index in [9.17, 15) is 0 Å². The maximum atomic E-state index is 5.83. The van der Waals surface area contributed by atoms with E-state index in [2.05, 4.69) is 60.4 Å². The predicted octanol–water partition coefficient (Wildman–Crippen LogP) is 7.68. The van der Waals surface area contributed by atoms with Crippen molar-refractivity contribution >= 4 is 32.3 Å². The molecule has 0 amide bonds. The molecule has 1 unspecified atom stereocenters. The fourth-order valence-corrected chi connectivity index (χ4v) is 5.20. The number of aromatic nitrogens is 1. The minimum Gasteiger partial charge on any atom is -0.492 e. The molecular formula is C30H29NO2. The molecule has 33 heavy (non-hydrogen) atoms. The minimum atomic E-state index is 0.616. The van der Waals surface area contributed by atoms with Crippen LogP contribution in [-0.2, 0) is 6.42 Å². The maximum absolute atomic E-state index is 5.83. The second-order valence-electron chi connectivity index (χ2n) is 8.68. The number of hydrogen-bond donors (Lipinski definition) is 0. The van der Waals surface area contributed by atoms with Crippen LogP contribution in [0, 0.1) is 0 Å². The number of ether oxygens (including phenoxy) is 2. The van der Waals surface area contributed by atoms with Gasteiger partial charge in [0, 0.05) is 23.2 Å². The summed E-state index contributed by atoms with van der Waals surface area (Å²) in [7, 11) is 3.48. The Labute approximate surface area is 195 Å². The lowest BCUT2D eigenvalue weighted by Crippen LogP contribution is -2.08. The highest BCUT2D eigenvalue weighted by atomic mass is 16.5. The second kappa shape index (κ2) is 9.11. The fraction of sp³-hybridized carbons (Fsp3) is 0.233. The Morgan fingerprint density at radius 3 is 2.24 bits per heavy atom. The first kappa shape index (κ1) is 21.3. The third-order valence-corrected chi connectivity index (χ3v) is 6.80. The van der Waals surface area contributed by atoms with Crippen molar-refractivity contribution in [2.45, 2.75) is 32.1 Å². The van der Waals surface area contributed by atoms with E-state index in [1.807, 2.05) is 30.6 Å². The summed E-state index contributed by atoms with van der Waals surface area (Å²) in [5.41, 5.74) is 2.92. The number of aryl methyl sites for hydroxylation is 1. The third kappa shape index (κ3) is 3.78. The summed E-state index contributed by atoms with van der Waals surface area (Å²) in [6, 6.07) is 23.2. The van der Waals surface area contributed by atoms with Crippen LogP contribution in [0.15, 0.2) is 79.1 Å². The minimum absolute atomic E-state index is 0.616. The molecule has 0 spiro atoms. The Morgan fingerprint density at radius 2 is 1.48 bits per heavy atom. The highest BCUT2D eigenvalue weighted by Gasteiger charge is 2.24. The number of methoxy groups -OCH3 is 2. The van der Waals surface area contributed by atoms with Gasteiger partial charge in [0.2, 0.25) is 0 Å². The van der Waals surface area contributed by atoms with Gasteiger partial charge in [-0.05, 0) is 63.9 Å². The van der Waals surface area contributed by atoms with Gasteiger partial charge >= 0.3 is 0 Å². The quantitative estimate of drug-likeness (QED) is 0.266. The van der Waals surface area contributed by atoms with E-state index >= 15 is 0 Å². The van der Waals surface area contributed by atoms with Crippen LogP contribution in [-0.4, -0.2) is 19.2 Å². The van der Waals surface area contributed by atoms with Gasteiger partial charge in [-0.3, -0.25) is 4.98 Å². The molecule has 0 fully saturated rings. The molecule has 6 rings (SSSR count). The molecule has 0 N–H and O–H groups in total. The van der Waals surface area contributed by atoms with E-state index in [-0.39, 0.29) is 0 Å². The molecule has 1 aliphatic rings. The highest BCUT2D eigenvalue weighted by molar-refractivity contribution is 6.15. The highest BCUT2D eigenvalue weighted by Crippen LogP contribution is 2.47. The lowest BCUT2D eigenvalue weighted by molar-refractivity contribution is 0.362. The summed E-state index contributed by atoms with van der Waals surface area (Å²) < 4.78 is 11.6. The third-order valence-electron chi connectivity index (χ3n) is 6.80. The topological polar surface area (TPSA) is 31.4 Å². The number of rotatable bonds is 2. The Kier molecular flexibility index (Phi) is 5.87. The van der Waals surface area contributed by atoms with Crippen LogP contribution in [0.25, 0.3) is 32.3 Å². The molecule has 0 saturated carbocycles. The first-order valence-corrected chi connectivity index (χ1v) is 11.6. The summed E-state index contributed by atoms with van der Waals surface area (Å²) in [6.45, 7) is 2.33. The zero-order valence-corrected chi connectivity index (χ0v) is 19.5. The maximum Gasteiger partial charge on any atom is 0.169 e. The number of pyridine rings is 1. The zero-order valence-electron chi connectivity index (χ0n) is 19.5. The van der Waals surface area contributed by atoms with Crippen LogP contribution in [0.4, 0.5) is 0 Å². The van der Waals surface area contributed by atoms with Crippen molar-refractivity contribution in [3.63, 3.8) is 0 Å². The SMILES string of the molecule is COc1c(OC)c2c3c(ccc2c2ccccc12)C(C)CCC3.c1ccc2cnccc2c1. The van der Waals surface area contributed by atoms with E-state index in [0.29, 0.717) is 5.92 Å². The lowest BCUT2D eigenvalue weighted by Gasteiger charge is -2.26. The molecule has 4 aromatic carbocycles. The van der Waals surface area contributed by atoms with Crippen molar-refractivity contribution in [3.8, 4) is 11.5 Å². The molecule has 0 aliphatic heterocycles. The van der Waals surface area contributed by atoms with Crippen molar-refractivity contribution in [2.75, 3.05) is 14.2 Å². The van der Waals surface area contributed by atoms with Gasteiger partial charge in [0.05, 0.1) is 14.2 Å². The van der Waals surface area contributed by atoms with Crippen LogP contribution in [0.3, 0.4) is 0 Å². The molecule has 1 aromatic heterocycles. The Morgan fingerprint density at radius 1 is 0.758 bits per heavy atom. The number of nitrogens with zero attached hydrogens (tertiary/aromatic N) is 1. The van der Waals surface area contributed by atoms with Crippen LogP contribution in [0.2, 0.25) is 0 Å². The van der Waals surface area contributed by atoms with Crippen molar-refractivity contribution < 1.29 is 9.47 Å². The molecule has 3 nitrogen and oxygen atoms in total. The monoisotopic (exact) mass is 435 g/mol. The van der Waals surface area contributed by atoms with Gasteiger partial charge in [-0.2, -0.15) is 0 Å². The first-order chi connectivity index (χ1) is 16.2. The zero-order chi connectivity index (χ0) is 22.8. The van der Waals surface area contributed by atoms with Gasteiger partial charge in [-0.1, -0.05) is 67.6 Å². The summed E-state index contributed by atoms with van der Waals surface area (Å²) in [4.78, 5) is 4.01. The van der Waals surface area contributed by atoms with Crippen LogP contribution in [0.1, 0.15) is 36.8 Å². The molecule has 5 aromatic rings. The van der Waals surface area contributed by atoms with Gasteiger partial charge in [0.25, 0.3) is 0 Å². The van der Waals surface area contributed by atoms with E-state index in [1.54, 1.807) is 14.2 Å². The van der Waals surface area contributed by atoms with E-state index in [4.69, 9.17) is 9.47 Å². The van der Waals surface area contributed by atoms with Crippen molar-refractivity contribution in [2.24, 2.45) is 0 Å². The van der Waals surface area contributed by atoms with Gasteiger partial charge < -0.3 is 9.47 Å². The van der Waals surface area contributed by atoms with E-state index in [0.717, 1.165) is 23.3 Å². The van der Waals surface area contributed by atoms with E-state index in [1.165, 1.54) is 50.9 Å². The summed E-state index contributed by atoms with van der Waals surface area (Å²) >= 11 is 0. The smallest absolute Gasteiger partial charge is 0.169 e. The average molecular weight is 436 g/mol. The van der Waals surface area contributed by atoms with Crippen LogP contribution >= 0.6 is 0 Å². The van der Waals surface area contributed by atoms with Crippen molar-refractivity contribution in [1.82, 2.24) is 4.98 Å². The van der Waals surface area contributed by atoms with Gasteiger partial charge in [0.15, 0.2) is 11.5 Å². The molecule has 3 heteroatoms. The average Bonchev–Trinajstić information content (AvgIpc) is 2.88. The van der Waals surface area contributed by atoms with Gasteiger partial charge in [-0.15, -0.1) is 0 Å². The number of hydrogen-bond acceptors (Lipinski definition) is 3. The summed E-state index contributed by atoms with van der Waals surface area (Å²) in [5, 5.41) is 7.31. The Bertz CT molecular complexity index is 1370. The van der Waals surface area contributed by atoms with E-state index < -0.39 is 0 Å². The lowest BCUT2D eigenvalue weighted by atomic mass is 9.80. The normalized spacial score (nSPS) is 15.1. The molecule has 166 valence electrons. The number of benzene rings is 4. The van der Waals surface area contributed by atoms with Crippen molar-refractivity contribution in [1.29, 1.82) is 0 Å². The summed E-state index contributed by atoms with van der Waals surface area (Å²) in [6.07, 6.45) is 7.31. The van der Waals surface area contributed by atoms with Gasteiger partial charge in [0.1, 0.15) is 0 Å². The molecule has 0 bridgehead atoms. The van der Waals surface area contributed by atoms with Crippen LogP contribution < -0.4 is 9.47 Å². The summed E-state index contributed by atoms with van der Waals surface area (Å²) in [5.74, 6) is 2.35. The Hall–Kier alpha value is -3.59. The largest absolute Gasteiger partial charge is 0.492 e. The molecular weight excluding hydrogens is 406 g/mol. The first-order valence-electron chi connectivity index (χ1n) is 11.6. The van der Waals surface area contributed by atoms with Crippen LogP contribution in [0.5, 0.6) is 11.5 Å². The van der Waals surface area contributed by atoms with Gasteiger partial charge in [-0.25, -0.2) is 0 Å². The molecule has 0 saturated heterocycles. The fourth-order valence-electron chi connectivity index (χ4n) is 5.20. The molecule has 1 atom stereocenters. The standard InChI is InChI=1S/C21H22O2.C9H7N/c1-13-7-6-10-16-14(13)11-12-17-15-8-4-5-9-18(15)20(22-2)21(23-3)19(16)17;1-2-4-9-7-10-6-5-8(9)3-1/h4-5,8-9,11-13H,6-7,10H2,1-3H3;1-7H.